The van der Waals surface area contributed by atoms with Crippen LogP contribution in [0.1, 0.15) is 36.2 Å². The molecule has 1 aliphatic carbocycles. The Morgan fingerprint density at radius 2 is 1.95 bits per heavy atom. The molecule has 1 heterocycles. The fraction of sp³-hybridized carbons (Fsp3) is 0.375. The van der Waals surface area contributed by atoms with Gasteiger partial charge in [-0.1, -0.05) is 18.2 Å². The van der Waals surface area contributed by atoms with E-state index in [0.717, 1.165) is 36.6 Å². The van der Waals surface area contributed by atoms with Gasteiger partial charge in [-0.2, -0.15) is 0 Å². The molecule has 0 spiro atoms. The molecule has 1 aliphatic rings. The van der Waals surface area contributed by atoms with Crippen LogP contribution in [-0.2, 0) is 0 Å². The third-order valence-electron chi connectivity index (χ3n) is 4.01. The first kappa shape index (κ1) is 13.8. The number of hydrogen-bond acceptors (Lipinski definition) is 4. The molecule has 4 N–H and O–H groups in total. The van der Waals surface area contributed by atoms with Crippen molar-refractivity contribution in [2.75, 3.05) is 5.73 Å². The number of aliphatic hydroxyl groups is 1. The number of benzene rings is 1. The van der Waals surface area contributed by atoms with Gasteiger partial charge >= 0.3 is 0 Å². The fourth-order valence-corrected chi connectivity index (χ4v) is 2.80. The molecule has 21 heavy (non-hydrogen) atoms. The second-order valence-corrected chi connectivity index (χ2v) is 5.59. The maximum atomic E-state index is 12.3. The zero-order valence-corrected chi connectivity index (χ0v) is 11.7. The minimum Gasteiger partial charge on any atom is -0.398 e. The van der Waals surface area contributed by atoms with Crippen molar-refractivity contribution in [2.24, 2.45) is 0 Å². The Bertz CT molecular complexity index is 664. The lowest BCUT2D eigenvalue weighted by Gasteiger charge is -2.26. The SMILES string of the molecule is Nc1cc(C(=O)NC2CCC(O)CC2)nc2ccccc12. The van der Waals surface area contributed by atoms with Crippen LogP contribution in [0.25, 0.3) is 10.9 Å². The topological polar surface area (TPSA) is 88.2 Å². The molecule has 0 saturated heterocycles. The second-order valence-electron chi connectivity index (χ2n) is 5.59. The summed E-state index contributed by atoms with van der Waals surface area (Å²) in [6, 6.07) is 9.23. The van der Waals surface area contributed by atoms with E-state index in [1.54, 1.807) is 6.07 Å². The molecular weight excluding hydrogens is 266 g/mol. The Morgan fingerprint density at radius 1 is 1.24 bits per heavy atom. The van der Waals surface area contributed by atoms with E-state index in [-0.39, 0.29) is 18.1 Å². The molecule has 0 atom stereocenters. The largest absolute Gasteiger partial charge is 0.398 e. The number of aromatic nitrogens is 1. The average Bonchev–Trinajstić information content (AvgIpc) is 2.49. The van der Waals surface area contributed by atoms with Crippen LogP contribution in [-0.4, -0.2) is 28.1 Å². The molecule has 0 bridgehead atoms. The molecule has 1 aromatic carbocycles. The number of pyridine rings is 1. The van der Waals surface area contributed by atoms with Crippen LogP contribution < -0.4 is 11.1 Å². The summed E-state index contributed by atoms with van der Waals surface area (Å²) in [7, 11) is 0. The van der Waals surface area contributed by atoms with Crippen LogP contribution in [0.3, 0.4) is 0 Å². The second kappa shape index (κ2) is 5.69. The highest BCUT2D eigenvalue weighted by molar-refractivity contribution is 5.99. The van der Waals surface area contributed by atoms with Gasteiger partial charge in [-0.3, -0.25) is 4.79 Å². The van der Waals surface area contributed by atoms with Crippen LogP contribution in [0.15, 0.2) is 30.3 Å². The maximum absolute atomic E-state index is 12.3. The highest BCUT2D eigenvalue weighted by Gasteiger charge is 2.22. The highest BCUT2D eigenvalue weighted by Crippen LogP contribution is 2.21. The standard InChI is InChI=1S/C16H19N3O2/c17-13-9-15(19-14-4-2-1-3-12(13)14)16(21)18-10-5-7-11(20)8-6-10/h1-4,9-11,20H,5-8H2,(H2,17,19)(H,18,21). The van der Waals surface area contributed by atoms with Crippen molar-refractivity contribution in [3.63, 3.8) is 0 Å². The molecule has 1 aromatic heterocycles. The average molecular weight is 285 g/mol. The first-order valence-corrected chi connectivity index (χ1v) is 7.27. The van der Waals surface area contributed by atoms with E-state index in [1.807, 2.05) is 24.3 Å². The molecule has 2 aromatic rings. The number of nitrogens with one attached hydrogen (secondary N) is 1. The Morgan fingerprint density at radius 3 is 2.71 bits per heavy atom. The molecule has 1 saturated carbocycles. The van der Waals surface area contributed by atoms with Gasteiger partial charge in [0.25, 0.3) is 5.91 Å². The molecule has 0 unspecified atom stereocenters. The third kappa shape index (κ3) is 2.97. The van der Waals surface area contributed by atoms with Crippen molar-refractivity contribution >= 4 is 22.5 Å². The molecule has 110 valence electrons. The van der Waals surface area contributed by atoms with Crippen LogP contribution in [0.2, 0.25) is 0 Å². The van der Waals surface area contributed by atoms with Crippen molar-refractivity contribution in [3.8, 4) is 0 Å². The first-order chi connectivity index (χ1) is 10.1. The Kier molecular flexibility index (Phi) is 3.75. The number of para-hydroxylation sites is 1. The number of nitrogens with two attached hydrogens (primary N) is 1. The number of rotatable bonds is 2. The fourth-order valence-electron chi connectivity index (χ4n) is 2.80. The van der Waals surface area contributed by atoms with Gasteiger partial charge in [-0.15, -0.1) is 0 Å². The molecule has 3 rings (SSSR count). The van der Waals surface area contributed by atoms with Crippen LogP contribution in [0.5, 0.6) is 0 Å². The number of carbonyl (C=O) groups is 1. The van der Waals surface area contributed by atoms with E-state index in [2.05, 4.69) is 10.3 Å². The van der Waals surface area contributed by atoms with Crippen molar-refractivity contribution < 1.29 is 9.90 Å². The van der Waals surface area contributed by atoms with E-state index in [9.17, 15) is 9.90 Å². The van der Waals surface area contributed by atoms with Crippen LogP contribution >= 0.6 is 0 Å². The number of nitrogen functional groups attached to an aromatic ring is 1. The zero-order valence-electron chi connectivity index (χ0n) is 11.7. The number of fused-ring (bicyclic) bond motifs is 1. The lowest BCUT2D eigenvalue weighted by molar-refractivity contribution is 0.0863. The molecular formula is C16H19N3O2. The summed E-state index contributed by atoms with van der Waals surface area (Å²) in [4.78, 5) is 16.7. The summed E-state index contributed by atoms with van der Waals surface area (Å²) in [6.07, 6.45) is 2.84. The number of amides is 1. The number of aliphatic hydroxyl groups excluding tert-OH is 1. The lowest BCUT2D eigenvalue weighted by Crippen LogP contribution is -2.38. The summed E-state index contributed by atoms with van der Waals surface area (Å²) in [5.41, 5.74) is 7.62. The molecule has 1 fully saturated rings. The predicted molar refractivity (Wildman–Crippen MR) is 81.9 cm³/mol. The van der Waals surface area contributed by atoms with Gasteiger partial charge < -0.3 is 16.2 Å². The van der Waals surface area contributed by atoms with E-state index in [1.165, 1.54) is 0 Å². The van der Waals surface area contributed by atoms with E-state index in [4.69, 9.17) is 5.73 Å². The van der Waals surface area contributed by atoms with E-state index in [0.29, 0.717) is 11.4 Å². The van der Waals surface area contributed by atoms with Gasteiger partial charge in [-0.25, -0.2) is 4.98 Å². The summed E-state index contributed by atoms with van der Waals surface area (Å²) in [5, 5.41) is 13.3. The van der Waals surface area contributed by atoms with Crippen molar-refractivity contribution in [3.05, 3.63) is 36.0 Å². The van der Waals surface area contributed by atoms with Crippen LogP contribution in [0, 0.1) is 0 Å². The normalized spacial score (nSPS) is 22.1. The Balaban J connectivity index is 1.78. The monoisotopic (exact) mass is 285 g/mol. The van der Waals surface area contributed by atoms with Gasteiger partial charge in [0.05, 0.1) is 11.6 Å². The van der Waals surface area contributed by atoms with Crippen molar-refractivity contribution in [1.29, 1.82) is 0 Å². The quantitative estimate of drug-likeness (QED) is 0.785. The van der Waals surface area contributed by atoms with Gasteiger partial charge in [0.1, 0.15) is 5.69 Å². The van der Waals surface area contributed by atoms with Gasteiger partial charge in [0, 0.05) is 17.1 Å². The molecule has 1 amide bonds. The number of hydrogen-bond donors (Lipinski definition) is 3. The highest BCUT2D eigenvalue weighted by atomic mass is 16.3. The summed E-state index contributed by atoms with van der Waals surface area (Å²) in [6.45, 7) is 0. The van der Waals surface area contributed by atoms with Gasteiger partial charge in [0.2, 0.25) is 0 Å². The first-order valence-electron chi connectivity index (χ1n) is 7.27. The maximum Gasteiger partial charge on any atom is 0.270 e. The van der Waals surface area contributed by atoms with E-state index >= 15 is 0 Å². The predicted octanol–water partition coefficient (Wildman–Crippen LogP) is 1.85. The van der Waals surface area contributed by atoms with E-state index < -0.39 is 0 Å². The number of anilines is 1. The van der Waals surface area contributed by atoms with Crippen molar-refractivity contribution in [2.45, 2.75) is 37.8 Å². The number of carbonyl (C=O) groups excluding carboxylic acids is 1. The summed E-state index contributed by atoms with van der Waals surface area (Å²) < 4.78 is 0. The van der Waals surface area contributed by atoms with Crippen LogP contribution in [0.4, 0.5) is 5.69 Å². The molecule has 0 radical (unpaired) electrons. The summed E-state index contributed by atoms with van der Waals surface area (Å²) >= 11 is 0. The Hall–Kier alpha value is -2.14. The van der Waals surface area contributed by atoms with Gasteiger partial charge in [0.15, 0.2) is 0 Å². The van der Waals surface area contributed by atoms with Crippen molar-refractivity contribution in [1.82, 2.24) is 10.3 Å². The van der Waals surface area contributed by atoms with Gasteiger partial charge in [-0.05, 0) is 37.8 Å². The molecule has 0 aliphatic heterocycles. The minimum absolute atomic E-state index is 0.107. The zero-order chi connectivity index (χ0) is 14.8. The summed E-state index contributed by atoms with van der Waals surface area (Å²) in [5.74, 6) is -0.200. The lowest BCUT2D eigenvalue weighted by atomic mass is 9.93. The number of nitrogens with zero attached hydrogens (tertiary/aromatic N) is 1. The molecule has 5 heteroatoms. The smallest absolute Gasteiger partial charge is 0.270 e. The third-order valence-corrected chi connectivity index (χ3v) is 4.01. The Labute approximate surface area is 123 Å². The minimum atomic E-state index is -0.229. The molecule has 5 nitrogen and oxygen atoms in total.